The first-order valence-electron chi connectivity index (χ1n) is 11.1. The zero-order chi connectivity index (χ0) is 21.6. The Kier molecular flexibility index (Phi) is 6.60. The second-order valence-corrected chi connectivity index (χ2v) is 8.03. The van der Waals surface area contributed by atoms with E-state index in [2.05, 4.69) is 12.2 Å². The van der Waals surface area contributed by atoms with E-state index in [1.807, 2.05) is 54.6 Å². The largest absolute Gasteiger partial charge is 0.452 e. The van der Waals surface area contributed by atoms with E-state index in [1.54, 1.807) is 0 Å². The summed E-state index contributed by atoms with van der Waals surface area (Å²) in [6, 6.07) is 17.4. The lowest BCUT2D eigenvalue weighted by Crippen LogP contribution is -2.32. The van der Waals surface area contributed by atoms with Gasteiger partial charge in [-0.05, 0) is 49.3 Å². The molecule has 5 heteroatoms. The van der Waals surface area contributed by atoms with Crippen LogP contribution in [0.1, 0.15) is 65.8 Å². The standard InChI is InChI=1S/C26H28N2O3/c1-2-10-21(18-11-4-3-5-12-18)28-24(29)17-31-26(30)25-19-13-6-8-15-22(19)27-23-16-9-7-14-20(23)25/h3-6,8,11-13,15,21H,2,7,9-10,14,16-17H2,1H3,(H,28,29)/t21-/m0/s1. The molecule has 1 atom stereocenters. The Morgan fingerprint density at radius 1 is 1.03 bits per heavy atom. The summed E-state index contributed by atoms with van der Waals surface area (Å²) in [5, 5.41) is 3.81. The number of hydrogen-bond donors (Lipinski definition) is 1. The molecule has 0 aliphatic heterocycles. The summed E-state index contributed by atoms with van der Waals surface area (Å²) in [5.41, 5.74) is 4.38. The second-order valence-electron chi connectivity index (χ2n) is 8.03. The Hall–Kier alpha value is -3.21. The van der Waals surface area contributed by atoms with Crippen molar-refractivity contribution >= 4 is 22.8 Å². The molecule has 0 bridgehead atoms. The zero-order valence-electron chi connectivity index (χ0n) is 17.9. The van der Waals surface area contributed by atoms with E-state index in [1.165, 1.54) is 0 Å². The van der Waals surface area contributed by atoms with Crippen molar-refractivity contribution in [2.75, 3.05) is 6.61 Å². The average Bonchev–Trinajstić information content (AvgIpc) is 2.81. The summed E-state index contributed by atoms with van der Waals surface area (Å²) in [7, 11) is 0. The van der Waals surface area contributed by atoms with Crippen LogP contribution >= 0.6 is 0 Å². The number of aryl methyl sites for hydroxylation is 1. The van der Waals surface area contributed by atoms with Crippen molar-refractivity contribution in [2.24, 2.45) is 0 Å². The van der Waals surface area contributed by atoms with Crippen molar-refractivity contribution in [3.05, 3.63) is 77.0 Å². The van der Waals surface area contributed by atoms with Gasteiger partial charge in [-0.25, -0.2) is 4.79 Å². The summed E-state index contributed by atoms with van der Waals surface area (Å²) in [5.74, 6) is -0.735. The first-order valence-corrected chi connectivity index (χ1v) is 11.1. The molecule has 1 N–H and O–H groups in total. The minimum Gasteiger partial charge on any atom is -0.452 e. The molecule has 0 saturated heterocycles. The van der Waals surface area contributed by atoms with Gasteiger partial charge in [-0.2, -0.15) is 0 Å². The number of pyridine rings is 1. The molecule has 4 rings (SSSR count). The molecule has 1 aromatic heterocycles. The molecule has 0 fully saturated rings. The van der Waals surface area contributed by atoms with Gasteiger partial charge in [0.1, 0.15) is 0 Å². The number of fused-ring (bicyclic) bond motifs is 2. The maximum atomic E-state index is 13.1. The maximum absolute atomic E-state index is 13.1. The fourth-order valence-corrected chi connectivity index (χ4v) is 4.34. The number of nitrogens with one attached hydrogen (secondary N) is 1. The lowest BCUT2D eigenvalue weighted by atomic mass is 9.90. The van der Waals surface area contributed by atoms with Crippen molar-refractivity contribution in [2.45, 2.75) is 51.5 Å². The molecule has 31 heavy (non-hydrogen) atoms. The summed E-state index contributed by atoms with van der Waals surface area (Å²) in [4.78, 5) is 30.4. The Morgan fingerprint density at radius 2 is 1.77 bits per heavy atom. The van der Waals surface area contributed by atoms with E-state index in [0.717, 1.165) is 66.2 Å². The molecule has 1 heterocycles. The number of benzene rings is 2. The third kappa shape index (κ3) is 4.76. The number of ether oxygens (including phenoxy) is 1. The summed E-state index contributed by atoms with van der Waals surface area (Å²) in [6.07, 6.45) is 5.56. The van der Waals surface area contributed by atoms with Gasteiger partial charge in [0.25, 0.3) is 5.91 Å². The Balaban J connectivity index is 1.50. The van der Waals surface area contributed by atoms with Crippen molar-refractivity contribution in [1.82, 2.24) is 10.3 Å². The number of nitrogens with zero attached hydrogens (tertiary/aromatic N) is 1. The summed E-state index contributed by atoms with van der Waals surface area (Å²) >= 11 is 0. The minimum absolute atomic E-state index is 0.0908. The molecule has 5 nitrogen and oxygen atoms in total. The monoisotopic (exact) mass is 416 g/mol. The van der Waals surface area contributed by atoms with Gasteiger partial charge in [-0.3, -0.25) is 9.78 Å². The second kappa shape index (κ2) is 9.73. The highest BCUT2D eigenvalue weighted by Gasteiger charge is 2.24. The van der Waals surface area contributed by atoms with Crippen LogP contribution in [-0.4, -0.2) is 23.5 Å². The highest BCUT2D eigenvalue weighted by molar-refractivity contribution is 6.05. The van der Waals surface area contributed by atoms with E-state index in [0.29, 0.717) is 5.56 Å². The maximum Gasteiger partial charge on any atom is 0.339 e. The van der Waals surface area contributed by atoms with Crippen molar-refractivity contribution in [1.29, 1.82) is 0 Å². The quantitative estimate of drug-likeness (QED) is 0.555. The van der Waals surface area contributed by atoms with Crippen molar-refractivity contribution in [3.8, 4) is 0 Å². The lowest BCUT2D eigenvalue weighted by Gasteiger charge is -2.21. The number of amides is 1. The molecule has 1 aliphatic rings. The van der Waals surface area contributed by atoms with Gasteiger partial charge in [-0.1, -0.05) is 61.9 Å². The highest BCUT2D eigenvalue weighted by atomic mass is 16.5. The smallest absolute Gasteiger partial charge is 0.339 e. The van der Waals surface area contributed by atoms with Crippen LogP contribution in [0, 0.1) is 0 Å². The van der Waals surface area contributed by atoms with E-state index >= 15 is 0 Å². The van der Waals surface area contributed by atoms with Crippen LogP contribution in [0.4, 0.5) is 0 Å². The van der Waals surface area contributed by atoms with Crippen molar-refractivity contribution < 1.29 is 14.3 Å². The van der Waals surface area contributed by atoms with Gasteiger partial charge in [0, 0.05) is 11.1 Å². The van der Waals surface area contributed by atoms with E-state index in [4.69, 9.17) is 9.72 Å². The molecule has 0 unspecified atom stereocenters. The van der Waals surface area contributed by atoms with Crippen LogP contribution in [0.25, 0.3) is 10.9 Å². The van der Waals surface area contributed by atoms with Crippen LogP contribution in [0.15, 0.2) is 54.6 Å². The Labute approximate surface area is 182 Å². The molecular formula is C26H28N2O3. The van der Waals surface area contributed by atoms with Gasteiger partial charge in [0.2, 0.25) is 0 Å². The third-order valence-corrected chi connectivity index (χ3v) is 5.82. The highest BCUT2D eigenvalue weighted by Crippen LogP contribution is 2.29. The molecular weight excluding hydrogens is 388 g/mol. The number of hydrogen-bond acceptors (Lipinski definition) is 4. The number of rotatable bonds is 7. The van der Waals surface area contributed by atoms with E-state index < -0.39 is 5.97 Å². The van der Waals surface area contributed by atoms with Crippen LogP contribution < -0.4 is 5.32 Å². The molecule has 0 saturated carbocycles. The van der Waals surface area contributed by atoms with Gasteiger partial charge in [0.15, 0.2) is 6.61 Å². The SMILES string of the molecule is CCC[C@H](NC(=O)COC(=O)c1c2c(nc3ccccc13)CCCC2)c1ccccc1. The number of carbonyl (C=O) groups is 2. The molecule has 3 aromatic rings. The Bertz CT molecular complexity index is 1080. The number of carbonyl (C=O) groups excluding carboxylic acids is 2. The molecule has 1 aliphatic carbocycles. The molecule has 2 aromatic carbocycles. The first-order chi connectivity index (χ1) is 15.2. The van der Waals surface area contributed by atoms with Crippen LogP contribution in [0.2, 0.25) is 0 Å². The fraction of sp³-hybridized carbons (Fsp3) is 0.346. The predicted octanol–water partition coefficient (Wildman–Crippen LogP) is 4.93. The van der Waals surface area contributed by atoms with E-state index in [9.17, 15) is 9.59 Å². The summed E-state index contributed by atoms with van der Waals surface area (Å²) < 4.78 is 5.50. The molecule has 160 valence electrons. The first kappa shape index (κ1) is 21.0. The van der Waals surface area contributed by atoms with Gasteiger partial charge in [-0.15, -0.1) is 0 Å². The molecule has 0 radical (unpaired) electrons. The van der Waals surface area contributed by atoms with Gasteiger partial charge < -0.3 is 10.1 Å². The third-order valence-electron chi connectivity index (χ3n) is 5.82. The molecule has 1 amide bonds. The van der Waals surface area contributed by atoms with E-state index in [-0.39, 0.29) is 18.6 Å². The topological polar surface area (TPSA) is 68.3 Å². The predicted molar refractivity (Wildman–Crippen MR) is 121 cm³/mol. The van der Waals surface area contributed by atoms with Crippen LogP contribution in [0.3, 0.4) is 0 Å². The Morgan fingerprint density at radius 3 is 2.58 bits per heavy atom. The van der Waals surface area contributed by atoms with Crippen molar-refractivity contribution in [3.63, 3.8) is 0 Å². The average molecular weight is 417 g/mol. The fourth-order valence-electron chi connectivity index (χ4n) is 4.34. The zero-order valence-corrected chi connectivity index (χ0v) is 17.9. The van der Waals surface area contributed by atoms with Gasteiger partial charge in [0.05, 0.1) is 17.1 Å². The number of aromatic nitrogens is 1. The van der Waals surface area contributed by atoms with Crippen LogP contribution in [-0.2, 0) is 22.4 Å². The molecule has 0 spiro atoms. The minimum atomic E-state index is -0.446. The number of esters is 1. The normalized spacial score (nSPS) is 14.0. The van der Waals surface area contributed by atoms with Gasteiger partial charge >= 0.3 is 5.97 Å². The number of para-hydroxylation sites is 1. The lowest BCUT2D eigenvalue weighted by molar-refractivity contribution is -0.125. The summed E-state index contributed by atoms with van der Waals surface area (Å²) in [6.45, 7) is 1.79. The van der Waals surface area contributed by atoms with Crippen LogP contribution in [0.5, 0.6) is 0 Å².